The lowest BCUT2D eigenvalue weighted by atomic mass is 9.87. The predicted molar refractivity (Wildman–Crippen MR) is 90.5 cm³/mol. The third-order valence-corrected chi connectivity index (χ3v) is 3.59. The number of benzene rings is 1. The SMILES string of the molecule is CCc1cccc(CC)c1NC(=O)CC(N)CC(C)(C)C. The number of hydrogen-bond donors (Lipinski definition) is 2. The van der Waals surface area contributed by atoms with Gasteiger partial charge in [-0.3, -0.25) is 4.79 Å². The largest absolute Gasteiger partial charge is 0.327 e. The normalized spacial score (nSPS) is 13.0. The van der Waals surface area contributed by atoms with Crippen molar-refractivity contribution in [3.63, 3.8) is 0 Å². The number of carbonyl (C=O) groups is 1. The lowest BCUT2D eigenvalue weighted by molar-refractivity contribution is -0.116. The van der Waals surface area contributed by atoms with E-state index >= 15 is 0 Å². The van der Waals surface area contributed by atoms with Crippen molar-refractivity contribution in [1.82, 2.24) is 0 Å². The fourth-order valence-corrected chi connectivity index (χ4v) is 2.69. The molecule has 0 aliphatic carbocycles. The predicted octanol–water partition coefficient (Wildman–Crippen LogP) is 3.90. The van der Waals surface area contributed by atoms with Gasteiger partial charge < -0.3 is 11.1 Å². The average Bonchev–Trinajstić information content (AvgIpc) is 2.36. The Hall–Kier alpha value is -1.35. The first-order chi connectivity index (χ1) is 9.76. The number of anilines is 1. The van der Waals surface area contributed by atoms with Gasteiger partial charge in [0.25, 0.3) is 0 Å². The maximum Gasteiger partial charge on any atom is 0.225 e. The van der Waals surface area contributed by atoms with E-state index in [1.54, 1.807) is 0 Å². The van der Waals surface area contributed by atoms with Gasteiger partial charge in [-0.2, -0.15) is 0 Å². The van der Waals surface area contributed by atoms with E-state index in [2.05, 4.69) is 58.1 Å². The number of nitrogens with two attached hydrogens (primary N) is 1. The van der Waals surface area contributed by atoms with Crippen molar-refractivity contribution in [3.05, 3.63) is 29.3 Å². The number of rotatable bonds is 6. The van der Waals surface area contributed by atoms with E-state index < -0.39 is 0 Å². The molecule has 118 valence electrons. The highest BCUT2D eigenvalue weighted by atomic mass is 16.1. The fourth-order valence-electron chi connectivity index (χ4n) is 2.69. The van der Waals surface area contributed by atoms with E-state index in [0.29, 0.717) is 6.42 Å². The maximum atomic E-state index is 12.3. The first-order valence-electron chi connectivity index (χ1n) is 7.93. The van der Waals surface area contributed by atoms with Gasteiger partial charge in [0.2, 0.25) is 5.91 Å². The Morgan fingerprint density at radius 2 is 1.71 bits per heavy atom. The first kappa shape index (κ1) is 17.7. The number of para-hydroxylation sites is 1. The van der Waals surface area contributed by atoms with E-state index in [0.717, 1.165) is 24.9 Å². The Morgan fingerprint density at radius 3 is 2.14 bits per heavy atom. The molecule has 21 heavy (non-hydrogen) atoms. The molecule has 1 atom stereocenters. The summed E-state index contributed by atoms with van der Waals surface area (Å²) in [5, 5.41) is 3.08. The number of carbonyl (C=O) groups excluding carboxylic acids is 1. The summed E-state index contributed by atoms with van der Waals surface area (Å²) >= 11 is 0. The lowest BCUT2D eigenvalue weighted by Gasteiger charge is -2.23. The van der Waals surface area contributed by atoms with Gasteiger partial charge in [-0.25, -0.2) is 0 Å². The van der Waals surface area contributed by atoms with Crippen LogP contribution in [0, 0.1) is 5.41 Å². The molecule has 0 spiro atoms. The Morgan fingerprint density at radius 1 is 1.19 bits per heavy atom. The average molecular weight is 290 g/mol. The Bertz CT molecular complexity index is 452. The van der Waals surface area contributed by atoms with Gasteiger partial charge in [-0.05, 0) is 35.8 Å². The summed E-state index contributed by atoms with van der Waals surface area (Å²) in [5.74, 6) is 0.0161. The molecule has 3 N–H and O–H groups in total. The smallest absolute Gasteiger partial charge is 0.225 e. The van der Waals surface area contributed by atoms with Gasteiger partial charge in [-0.1, -0.05) is 52.8 Å². The van der Waals surface area contributed by atoms with Crippen LogP contribution < -0.4 is 11.1 Å². The van der Waals surface area contributed by atoms with Crippen molar-refractivity contribution in [2.45, 2.75) is 66.3 Å². The summed E-state index contributed by atoms with van der Waals surface area (Å²) in [6.07, 6.45) is 3.05. The zero-order valence-corrected chi connectivity index (χ0v) is 14.1. The van der Waals surface area contributed by atoms with Crippen molar-refractivity contribution >= 4 is 11.6 Å². The third-order valence-electron chi connectivity index (χ3n) is 3.59. The molecule has 1 unspecified atom stereocenters. The second-order valence-electron chi connectivity index (χ2n) is 6.94. The Kier molecular flexibility index (Phi) is 6.41. The zero-order valence-electron chi connectivity index (χ0n) is 14.1. The number of hydrogen-bond acceptors (Lipinski definition) is 2. The molecule has 0 saturated heterocycles. The first-order valence-corrected chi connectivity index (χ1v) is 7.93. The van der Waals surface area contributed by atoms with Gasteiger partial charge in [-0.15, -0.1) is 0 Å². The third kappa shape index (κ3) is 5.88. The zero-order chi connectivity index (χ0) is 16.0. The molecule has 0 heterocycles. The van der Waals surface area contributed by atoms with E-state index in [1.807, 2.05) is 0 Å². The van der Waals surface area contributed by atoms with Crippen LogP contribution in [0.5, 0.6) is 0 Å². The molecule has 1 amide bonds. The summed E-state index contributed by atoms with van der Waals surface area (Å²) in [6.45, 7) is 10.6. The number of nitrogens with one attached hydrogen (secondary N) is 1. The molecule has 0 aromatic heterocycles. The topological polar surface area (TPSA) is 55.1 Å². The molecule has 3 heteroatoms. The van der Waals surface area contributed by atoms with Crippen LogP contribution in [0.15, 0.2) is 18.2 Å². The van der Waals surface area contributed by atoms with Gasteiger partial charge in [0.15, 0.2) is 0 Å². The molecule has 0 bridgehead atoms. The summed E-state index contributed by atoms with van der Waals surface area (Å²) in [7, 11) is 0. The van der Waals surface area contributed by atoms with Crippen LogP contribution in [0.2, 0.25) is 0 Å². The van der Waals surface area contributed by atoms with Gasteiger partial charge in [0, 0.05) is 18.2 Å². The molecule has 1 aromatic rings. The standard InChI is InChI=1S/C18H30N2O/c1-6-13-9-8-10-14(7-2)17(13)20-16(21)11-15(19)12-18(3,4)5/h8-10,15H,6-7,11-12,19H2,1-5H3,(H,20,21). The minimum atomic E-state index is -0.0936. The van der Waals surface area contributed by atoms with Crippen LogP contribution in [0.4, 0.5) is 5.69 Å². The lowest BCUT2D eigenvalue weighted by Crippen LogP contribution is -2.31. The summed E-state index contributed by atoms with van der Waals surface area (Å²) in [4.78, 5) is 12.3. The quantitative estimate of drug-likeness (QED) is 0.834. The molecule has 0 saturated carbocycles. The highest BCUT2D eigenvalue weighted by Gasteiger charge is 2.19. The Balaban J connectivity index is 2.75. The van der Waals surface area contributed by atoms with Crippen LogP contribution in [0.3, 0.4) is 0 Å². The van der Waals surface area contributed by atoms with Crippen LogP contribution >= 0.6 is 0 Å². The highest BCUT2D eigenvalue weighted by Crippen LogP contribution is 2.24. The van der Waals surface area contributed by atoms with Crippen molar-refractivity contribution in [3.8, 4) is 0 Å². The molecular formula is C18H30N2O. The maximum absolute atomic E-state index is 12.3. The molecular weight excluding hydrogens is 260 g/mol. The van der Waals surface area contributed by atoms with Crippen molar-refractivity contribution in [1.29, 1.82) is 0 Å². The summed E-state index contributed by atoms with van der Waals surface area (Å²) < 4.78 is 0. The monoisotopic (exact) mass is 290 g/mol. The van der Waals surface area contributed by atoms with E-state index in [4.69, 9.17) is 5.73 Å². The summed E-state index contributed by atoms with van der Waals surface area (Å²) in [5.41, 5.74) is 9.60. The fraction of sp³-hybridized carbons (Fsp3) is 0.611. The van der Waals surface area contributed by atoms with Crippen LogP contribution in [-0.2, 0) is 17.6 Å². The molecule has 1 rings (SSSR count). The van der Waals surface area contributed by atoms with E-state index in [-0.39, 0.29) is 17.4 Å². The number of aryl methyl sites for hydroxylation is 2. The minimum Gasteiger partial charge on any atom is -0.327 e. The molecule has 1 aromatic carbocycles. The van der Waals surface area contributed by atoms with Crippen LogP contribution in [0.25, 0.3) is 0 Å². The van der Waals surface area contributed by atoms with Crippen LogP contribution in [0.1, 0.15) is 58.6 Å². The van der Waals surface area contributed by atoms with E-state index in [1.165, 1.54) is 11.1 Å². The minimum absolute atomic E-state index is 0.0161. The van der Waals surface area contributed by atoms with Crippen molar-refractivity contribution in [2.24, 2.45) is 11.1 Å². The molecule has 0 fully saturated rings. The van der Waals surface area contributed by atoms with Crippen molar-refractivity contribution in [2.75, 3.05) is 5.32 Å². The van der Waals surface area contributed by atoms with E-state index in [9.17, 15) is 4.79 Å². The van der Waals surface area contributed by atoms with Gasteiger partial charge in [0.1, 0.15) is 0 Å². The van der Waals surface area contributed by atoms with Gasteiger partial charge in [0.05, 0.1) is 0 Å². The molecule has 0 aliphatic heterocycles. The van der Waals surface area contributed by atoms with Gasteiger partial charge >= 0.3 is 0 Å². The second-order valence-corrected chi connectivity index (χ2v) is 6.94. The summed E-state index contributed by atoms with van der Waals surface area (Å²) in [6, 6.07) is 6.11. The highest BCUT2D eigenvalue weighted by molar-refractivity contribution is 5.92. The molecule has 0 radical (unpaired) electrons. The second kappa shape index (κ2) is 7.60. The number of amides is 1. The molecule has 0 aliphatic rings. The van der Waals surface area contributed by atoms with Crippen molar-refractivity contribution < 1.29 is 4.79 Å². The Labute approximate surface area is 129 Å². The van der Waals surface area contributed by atoms with Crippen LogP contribution in [-0.4, -0.2) is 11.9 Å². The molecule has 3 nitrogen and oxygen atoms in total.